The van der Waals surface area contributed by atoms with E-state index in [1.807, 2.05) is 42.5 Å². The summed E-state index contributed by atoms with van der Waals surface area (Å²) in [7, 11) is 1.56. The Morgan fingerprint density at radius 1 is 0.862 bits per heavy atom. The summed E-state index contributed by atoms with van der Waals surface area (Å²) in [5, 5.41) is 0. The van der Waals surface area contributed by atoms with E-state index in [9.17, 15) is 9.59 Å². The number of benzene rings is 2. The van der Waals surface area contributed by atoms with Crippen molar-refractivity contribution in [3.63, 3.8) is 0 Å². The number of nitrogens with two attached hydrogens (primary N) is 2. The Morgan fingerprint density at radius 3 is 1.79 bits per heavy atom. The minimum atomic E-state index is -0.334. The van der Waals surface area contributed by atoms with E-state index >= 15 is 0 Å². The lowest BCUT2D eigenvalue weighted by Crippen LogP contribution is -2.10. The molecule has 0 bridgehead atoms. The first-order chi connectivity index (χ1) is 13.8. The summed E-state index contributed by atoms with van der Waals surface area (Å²) in [6.45, 7) is 4.15. The monoisotopic (exact) mass is 396 g/mol. The van der Waals surface area contributed by atoms with E-state index in [4.69, 9.17) is 20.9 Å². The molecule has 0 atom stereocenters. The van der Waals surface area contributed by atoms with Crippen LogP contribution in [-0.2, 0) is 19.1 Å². The van der Waals surface area contributed by atoms with Crippen LogP contribution in [0.4, 0.5) is 11.4 Å². The van der Waals surface area contributed by atoms with Crippen LogP contribution in [0.1, 0.15) is 25.0 Å². The molecular formula is C23H28N2O4. The SMILES string of the molecule is C/C(C=O)=C\c1ccc(N)cc1.COCCOC(=O)/C(C)=C/c1ccc(N)cc1. The van der Waals surface area contributed by atoms with Crippen LogP contribution in [0.15, 0.2) is 59.7 Å². The van der Waals surface area contributed by atoms with Crippen molar-refractivity contribution in [2.45, 2.75) is 13.8 Å². The van der Waals surface area contributed by atoms with E-state index in [0.717, 1.165) is 23.1 Å². The van der Waals surface area contributed by atoms with Crippen LogP contribution in [0, 0.1) is 0 Å². The van der Waals surface area contributed by atoms with Crippen LogP contribution < -0.4 is 11.5 Å². The minimum Gasteiger partial charge on any atom is -0.460 e. The van der Waals surface area contributed by atoms with Gasteiger partial charge >= 0.3 is 5.97 Å². The molecule has 0 unspecified atom stereocenters. The molecule has 2 aromatic rings. The van der Waals surface area contributed by atoms with Crippen LogP contribution in [0.25, 0.3) is 12.2 Å². The largest absolute Gasteiger partial charge is 0.460 e. The van der Waals surface area contributed by atoms with E-state index in [-0.39, 0.29) is 12.6 Å². The predicted octanol–water partition coefficient (Wildman–Crippen LogP) is 3.73. The van der Waals surface area contributed by atoms with Gasteiger partial charge in [-0.15, -0.1) is 0 Å². The normalized spacial score (nSPS) is 11.3. The zero-order chi connectivity index (χ0) is 21.6. The Kier molecular flexibility index (Phi) is 10.5. The molecule has 29 heavy (non-hydrogen) atoms. The van der Waals surface area contributed by atoms with Crippen molar-refractivity contribution in [3.8, 4) is 0 Å². The van der Waals surface area contributed by atoms with Crippen molar-refractivity contribution in [2.75, 3.05) is 31.8 Å². The Labute approximate surface area is 171 Å². The number of methoxy groups -OCH3 is 1. The third-order valence-corrected chi connectivity index (χ3v) is 3.68. The van der Waals surface area contributed by atoms with Crippen molar-refractivity contribution >= 4 is 35.8 Å². The maximum absolute atomic E-state index is 11.5. The molecule has 6 nitrogen and oxygen atoms in total. The smallest absolute Gasteiger partial charge is 0.333 e. The predicted molar refractivity (Wildman–Crippen MR) is 118 cm³/mol. The highest BCUT2D eigenvalue weighted by Crippen LogP contribution is 2.11. The molecule has 0 saturated heterocycles. The van der Waals surface area contributed by atoms with E-state index in [1.165, 1.54) is 0 Å². The molecule has 0 radical (unpaired) electrons. The van der Waals surface area contributed by atoms with E-state index < -0.39 is 0 Å². The van der Waals surface area contributed by atoms with Crippen LogP contribution in [0.5, 0.6) is 0 Å². The summed E-state index contributed by atoms with van der Waals surface area (Å²) in [6.07, 6.45) is 4.40. The molecular weight excluding hydrogens is 368 g/mol. The van der Waals surface area contributed by atoms with Gasteiger partial charge in [0.1, 0.15) is 12.9 Å². The zero-order valence-electron chi connectivity index (χ0n) is 17.1. The molecule has 2 rings (SSSR count). The summed E-state index contributed by atoms with van der Waals surface area (Å²) in [6, 6.07) is 14.6. The molecule has 154 valence electrons. The lowest BCUT2D eigenvalue weighted by Gasteiger charge is -2.04. The molecule has 0 aliphatic rings. The number of nitrogen functional groups attached to an aromatic ring is 2. The molecule has 0 aliphatic carbocycles. The van der Waals surface area contributed by atoms with Crippen LogP contribution in [0.3, 0.4) is 0 Å². The fraction of sp³-hybridized carbons (Fsp3) is 0.217. The third kappa shape index (κ3) is 9.93. The molecule has 0 saturated carbocycles. The maximum Gasteiger partial charge on any atom is 0.333 e. The van der Waals surface area contributed by atoms with Crippen LogP contribution >= 0.6 is 0 Å². The number of hydrogen-bond donors (Lipinski definition) is 2. The number of hydrogen-bond acceptors (Lipinski definition) is 6. The number of ether oxygens (including phenoxy) is 2. The second kappa shape index (κ2) is 12.9. The highest BCUT2D eigenvalue weighted by atomic mass is 16.6. The van der Waals surface area contributed by atoms with Gasteiger partial charge in [0.2, 0.25) is 0 Å². The lowest BCUT2D eigenvalue weighted by molar-refractivity contribution is -0.140. The molecule has 6 heteroatoms. The second-order valence-electron chi connectivity index (χ2n) is 6.30. The fourth-order valence-electron chi connectivity index (χ4n) is 2.12. The number of carbonyl (C=O) groups is 2. The molecule has 4 N–H and O–H groups in total. The summed E-state index contributed by atoms with van der Waals surface area (Å²) < 4.78 is 9.78. The fourth-order valence-corrected chi connectivity index (χ4v) is 2.12. The third-order valence-electron chi connectivity index (χ3n) is 3.68. The average molecular weight is 396 g/mol. The van der Waals surface area contributed by atoms with Gasteiger partial charge in [0.25, 0.3) is 0 Å². The molecule has 0 heterocycles. The second-order valence-corrected chi connectivity index (χ2v) is 6.30. The first kappa shape index (κ1) is 23.7. The van der Waals surface area contributed by atoms with Crippen molar-refractivity contribution in [2.24, 2.45) is 0 Å². The number of aldehydes is 1. The number of allylic oxidation sites excluding steroid dienone is 1. The van der Waals surface area contributed by atoms with Gasteiger partial charge in [-0.05, 0) is 67.0 Å². The van der Waals surface area contributed by atoms with Gasteiger partial charge in [-0.3, -0.25) is 4.79 Å². The lowest BCUT2D eigenvalue weighted by atomic mass is 10.1. The topological polar surface area (TPSA) is 105 Å². The van der Waals surface area contributed by atoms with Crippen molar-refractivity contribution in [3.05, 3.63) is 70.8 Å². The van der Waals surface area contributed by atoms with Gasteiger partial charge in [-0.25, -0.2) is 4.79 Å². The van der Waals surface area contributed by atoms with Crippen molar-refractivity contribution < 1.29 is 19.1 Å². The maximum atomic E-state index is 11.5. The Hall–Kier alpha value is -3.38. The van der Waals surface area contributed by atoms with Gasteiger partial charge in [-0.1, -0.05) is 24.3 Å². The summed E-state index contributed by atoms with van der Waals surface area (Å²) in [5.74, 6) is -0.334. The molecule has 0 spiro atoms. The van der Waals surface area contributed by atoms with Gasteiger partial charge < -0.3 is 20.9 Å². The quantitative estimate of drug-likeness (QED) is 0.243. The molecule has 0 fully saturated rings. The Morgan fingerprint density at radius 2 is 1.34 bits per heavy atom. The van der Waals surface area contributed by atoms with E-state index in [1.54, 1.807) is 39.2 Å². The van der Waals surface area contributed by atoms with Gasteiger partial charge in [0.05, 0.1) is 6.61 Å². The molecule has 0 amide bonds. The number of rotatable bonds is 7. The van der Waals surface area contributed by atoms with Crippen LogP contribution in [0.2, 0.25) is 0 Å². The zero-order valence-corrected chi connectivity index (χ0v) is 17.1. The molecule has 2 aromatic carbocycles. The number of carbonyl (C=O) groups excluding carboxylic acids is 2. The van der Waals surface area contributed by atoms with Gasteiger partial charge in [0, 0.05) is 24.1 Å². The van der Waals surface area contributed by atoms with Crippen molar-refractivity contribution in [1.29, 1.82) is 0 Å². The summed E-state index contributed by atoms with van der Waals surface area (Å²) >= 11 is 0. The van der Waals surface area contributed by atoms with Crippen molar-refractivity contribution in [1.82, 2.24) is 0 Å². The molecule has 0 aromatic heterocycles. The first-order valence-corrected chi connectivity index (χ1v) is 9.04. The average Bonchev–Trinajstić information content (AvgIpc) is 2.72. The van der Waals surface area contributed by atoms with Gasteiger partial charge in [0.15, 0.2) is 0 Å². The number of anilines is 2. The highest BCUT2D eigenvalue weighted by Gasteiger charge is 2.05. The Bertz CT molecular complexity index is 838. The summed E-state index contributed by atoms with van der Waals surface area (Å²) in [4.78, 5) is 21.8. The van der Waals surface area contributed by atoms with Gasteiger partial charge in [-0.2, -0.15) is 0 Å². The minimum absolute atomic E-state index is 0.266. The summed E-state index contributed by atoms with van der Waals surface area (Å²) in [5.41, 5.74) is 15.7. The number of esters is 1. The first-order valence-electron chi connectivity index (χ1n) is 9.04. The Balaban J connectivity index is 0.000000308. The van der Waals surface area contributed by atoms with E-state index in [2.05, 4.69) is 0 Å². The van der Waals surface area contributed by atoms with E-state index in [0.29, 0.717) is 23.4 Å². The van der Waals surface area contributed by atoms with Crippen LogP contribution in [-0.4, -0.2) is 32.6 Å². The molecule has 0 aliphatic heterocycles. The standard InChI is InChI=1S/C13H17NO3.C10H11NO/c1-10(13(15)17-8-7-16-2)9-11-3-5-12(14)6-4-11;1-8(7-12)6-9-2-4-10(11)5-3-9/h3-6,9H,7-8,14H2,1-2H3;2-7H,11H2,1H3/b10-9+;8-6+. The highest BCUT2D eigenvalue weighted by molar-refractivity contribution is 5.93.